The summed E-state index contributed by atoms with van der Waals surface area (Å²) in [4.78, 5) is 11.9. The predicted molar refractivity (Wildman–Crippen MR) is 110 cm³/mol. The zero-order valence-electron chi connectivity index (χ0n) is 14.3. The van der Waals surface area contributed by atoms with E-state index in [4.69, 9.17) is 4.74 Å². The van der Waals surface area contributed by atoms with Crippen molar-refractivity contribution >= 4 is 49.7 Å². The lowest BCUT2D eigenvalue weighted by Gasteiger charge is -2.11. The zero-order chi connectivity index (χ0) is 19.1. The SMILES string of the molecule is CCOc1cc(/C=N\NC(=O)CNc2ccc(C)cc2)c(Br)c(Br)c1O. The van der Waals surface area contributed by atoms with E-state index in [1.807, 2.05) is 38.1 Å². The molecule has 0 unspecified atom stereocenters. The Morgan fingerprint density at radius 2 is 1.96 bits per heavy atom. The van der Waals surface area contributed by atoms with Crippen molar-refractivity contribution in [3.8, 4) is 11.5 Å². The average Bonchev–Trinajstić information content (AvgIpc) is 2.63. The number of hydrogen-bond acceptors (Lipinski definition) is 5. The molecule has 0 fully saturated rings. The van der Waals surface area contributed by atoms with Gasteiger partial charge in [-0.05, 0) is 63.9 Å². The van der Waals surface area contributed by atoms with Gasteiger partial charge in [0, 0.05) is 15.7 Å². The van der Waals surface area contributed by atoms with Gasteiger partial charge in [-0.2, -0.15) is 5.10 Å². The summed E-state index contributed by atoms with van der Waals surface area (Å²) in [5.41, 5.74) is 5.11. The van der Waals surface area contributed by atoms with Gasteiger partial charge < -0.3 is 15.2 Å². The lowest BCUT2D eigenvalue weighted by molar-refractivity contribution is -0.119. The van der Waals surface area contributed by atoms with Gasteiger partial charge in [-0.25, -0.2) is 5.43 Å². The summed E-state index contributed by atoms with van der Waals surface area (Å²) in [7, 11) is 0. The van der Waals surface area contributed by atoms with Crippen molar-refractivity contribution in [1.82, 2.24) is 5.43 Å². The van der Waals surface area contributed by atoms with Gasteiger partial charge in [-0.3, -0.25) is 4.79 Å². The molecule has 0 saturated carbocycles. The number of nitrogens with one attached hydrogen (secondary N) is 2. The van der Waals surface area contributed by atoms with Crippen LogP contribution in [0.15, 0.2) is 44.4 Å². The fourth-order valence-corrected chi connectivity index (χ4v) is 2.87. The van der Waals surface area contributed by atoms with Crippen molar-refractivity contribution in [1.29, 1.82) is 0 Å². The summed E-state index contributed by atoms with van der Waals surface area (Å²) in [5.74, 6) is 0.0550. The van der Waals surface area contributed by atoms with Crippen molar-refractivity contribution in [3.05, 3.63) is 50.4 Å². The molecule has 2 aromatic carbocycles. The largest absolute Gasteiger partial charge is 0.503 e. The number of nitrogens with zero attached hydrogens (tertiary/aromatic N) is 1. The van der Waals surface area contributed by atoms with E-state index in [1.165, 1.54) is 6.21 Å². The van der Waals surface area contributed by atoms with E-state index >= 15 is 0 Å². The Bertz CT molecular complexity index is 808. The molecule has 8 heteroatoms. The molecule has 0 aliphatic heterocycles. The topological polar surface area (TPSA) is 83.0 Å². The Labute approximate surface area is 168 Å². The number of ether oxygens (including phenoxy) is 1. The molecule has 0 bridgehead atoms. The van der Waals surface area contributed by atoms with E-state index in [-0.39, 0.29) is 18.2 Å². The van der Waals surface area contributed by atoms with Crippen molar-refractivity contribution in [2.75, 3.05) is 18.5 Å². The van der Waals surface area contributed by atoms with Crippen LogP contribution in [-0.2, 0) is 4.79 Å². The minimum atomic E-state index is -0.277. The standard InChI is InChI=1S/C18H19Br2N3O3/c1-3-26-14-8-12(16(19)17(20)18(14)25)9-22-23-15(24)10-21-13-6-4-11(2)5-7-13/h4-9,21,25H,3,10H2,1-2H3,(H,23,24)/b22-9-. The van der Waals surface area contributed by atoms with Crippen LogP contribution in [0, 0.1) is 6.92 Å². The van der Waals surface area contributed by atoms with Crippen LogP contribution < -0.4 is 15.5 Å². The molecule has 0 spiro atoms. The minimum Gasteiger partial charge on any atom is -0.503 e. The number of phenols is 1. The number of rotatable bonds is 7. The molecule has 2 rings (SSSR count). The number of aromatic hydroxyl groups is 1. The van der Waals surface area contributed by atoms with Gasteiger partial charge in [0.25, 0.3) is 5.91 Å². The van der Waals surface area contributed by atoms with Crippen molar-refractivity contribution in [3.63, 3.8) is 0 Å². The Hall–Kier alpha value is -2.06. The van der Waals surface area contributed by atoms with Crippen molar-refractivity contribution in [2.24, 2.45) is 5.10 Å². The van der Waals surface area contributed by atoms with Gasteiger partial charge in [0.05, 0.1) is 23.8 Å². The highest BCUT2D eigenvalue weighted by atomic mass is 79.9. The van der Waals surface area contributed by atoms with Crippen LogP contribution in [0.4, 0.5) is 5.69 Å². The maximum Gasteiger partial charge on any atom is 0.259 e. The first-order valence-electron chi connectivity index (χ1n) is 7.88. The number of halogens is 2. The summed E-state index contributed by atoms with van der Waals surface area (Å²) in [6.45, 7) is 4.34. The predicted octanol–water partition coefficient (Wildman–Crippen LogP) is 4.19. The van der Waals surface area contributed by atoms with Crippen LogP contribution in [0.2, 0.25) is 0 Å². The van der Waals surface area contributed by atoms with E-state index in [1.54, 1.807) is 6.07 Å². The van der Waals surface area contributed by atoms with Crippen LogP contribution in [0.3, 0.4) is 0 Å². The molecule has 6 nitrogen and oxygen atoms in total. The highest BCUT2D eigenvalue weighted by Crippen LogP contribution is 2.41. The summed E-state index contributed by atoms with van der Waals surface area (Å²) in [6.07, 6.45) is 1.47. The molecule has 0 aliphatic rings. The van der Waals surface area contributed by atoms with Crippen LogP contribution in [0.5, 0.6) is 11.5 Å². The number of carbonyl (C=O) groups excluding carboxylic acids is 1. The maximum atomic E-state index is 11.9. The number of amides is 1. The second-order valence-corrected chi connectivity index (χ2v) is 6.97. The zero-order valence-corrected chi connectivity index (χ0v) is 17.5. The van der Waals surface area contributed by atoms with Gasteiger partial charge >= 0.3 is 0 Å². The first-order chi connectivity index (χ1) is 12.4. The molecule has 0 aliphatic carbocycles. The summed E-state index contributed by atoms with van der Waals surface area (Å²) in [6, 6.07) is 9.38. The van der Waals surface area contributed by atoms with Crippen LogP contribution >= 0.6 is 31.9 Å². The number of benzene rings is 2. The Morgan fingerprint density at radius 3 is 2.62 bits per heavy atom. The Morgan fingerprint density at radius 1 is 1.27 bits per heavy atom. The second kappa shape index (κ2) is 9.59. The molecule has 2 aromatic rings. The van der Waals surface area contributed by atoms with Crippen LogP contribution in [-0.4, -0.2) is 30.4 Å². The van der Waals surface area contributed by atoms with Crippen LogP contribution in [0.1, 0.15) is 18.1 Å². The monoisotopic (exact) mass is 483 g/mol. The highest BCUT2D eigenvalue weighted by Gasteiger charge is 2.14. The number of carbonyl (C=O) groups is 1. The molecule has 0 aromatic heterocycles. The van der Waals surface area contributed by atoms with Gasteiger partial charge in [0.1, 0.15) is 0 Å². The van der Waals surface area contributed by atoms with Gasteiger partial charge in [0.15, 0.2) is 11.5 Å². The number of aryl methyl sites for hydroxylation is 1. The quantitative estimate of drug-likeness (QED) is 0.406. The first kappa shape index (κ1) is 20.3. The molecular formula is C18H19Br2N3O3. The molecule has 3 N–H and O–H groups in total. The smallest absolute Gasteiger partial charge is 0.259 e. The lowest BCUT2D eigenvalue weighted by atomic mass is 10.2. The summed E-state index contributed by atoms with van der Waals surface area (Å²) in [5, 5.41) is 17.0. The van der Waals surface area contributed by atoms with E-state index in [9.17, 15) is 9.90 Å². The molecule has 0 heterocycles. The third-order valence-electron chi connectivity index (χ3n) is 3.37. The molecule has 1 amide bonds. The molecule has 138 valence electrons. The van der Waals surface area contributed by atoms with Crippen molar-refractivity contribution in [2.45, 2.75) is 13.8 Å². The summed E-state index contributed by atoms with van der Waals surface area (Å²) >= 11 is 6.66. The number of phenolic OH excluding ortho intramolecular Hbond substituents is 1. The van der Waals surface area contributed by atoms with E-state index < -0.39 is 0 Å². The van der Waals surface area contributed by atoms with E-state index in [0.29, 0.717) is 26.9 Å². The van der Waals surface area contributed by atoms with Gasteiger partial charge in [-0.1, -0.05) is 17.7 Å². The number of hydrogen-bond donors (Lipinski definition) is 3. The van der Waals surface area contributed by atoms with Gasteiger partial charge in [0.2, 0.25) is 0 Å². The lowest BCUT2D eigenvalue weighted by Crippen LogP contribution is -2.25. The van der Waals surface area contributed by atoms with Crippen molar-refractivity contribution < 1.29 is 14.6 Å². The Balaban J connectivity index is 1.96. The fraction of sp³-hybridized carbons (Fsp3) is 0.222. The molecule has 0 atom stereocenters. The number of anilines is 1. The maximum absolute atomic E-state index is 11.9. The summed E-state index contributed by atoms with van der Waals surface area (Å²) < 4.78 is 6.44. The molecule has 0 saturated heterocycles. The Kier molecular flexibility index (Phi) is 7.47. The van der Waals surface area contributed by atoms with Crippen LogP contribution in [0.25, 0.3) is 0 Å². The molecular weight excluding hydrogens is 466 g/mol. The highest BCUT2D eigenvalue weighted by molar-refractivity contribution is 9.13. The molecule has 26 heavy (non-hydrogen) atoms. The third-order valence-corrected chi connectivity index (χ3v) is 5.53. The first-order valence-corrected chi connectivity index (χ1v) is 9.47. The second-order valence-electron chi connectivity index (χ2n) is 5.39. The van der Waals surface area contributed by atoms with Gasteiger partial charge in [-0.15, -0.1) is 0 Å². The van der Waals surface area contributed by atoms with E-state index in [2.05, 4.69) is 47.7 Å². The molecule has 0 radical (unpaired) electrons. The average molecular weight is 485 g/mol. The third kappa shape index (κ3) is 5.47. The number of hydrazone groups is 1. The fourth-order valence-electron chi connectivity index (χ4n) is 2.04. The minimum absolute atomic E-state index is 0.00204. The normalized spacial score (nSPS) is 10.8. The van der Waals surface area contributed by atoms with E-state index in [0.717, 1.165) is 11.3 Å².